The molecule has 0 heterocycles. The zero-order valence-corrected chi connectivity index (χ0v) is 14.1. The van der Waals surface area contributed by atoms with Gasteiger partial charge in [-0.25, -0.2) is 0 Å². The molecule has 0 radical (unpaired) electrons. The average Bonchev–Trinajstić information content (AvgIpc) is 2.40. The molecule has 1 saturated carbocycles. The minimum Gasteiger partial charge on any atom is -0.493 e. The third-order valence-electron chi connectivity index (χ3n) is 4.38. The minimum atomic E-state index is 0.367. The van der Waals surface area contributed by atoms with E-state index in [1.165, 1.54) is 24.8 Å². The Balaban J connectivity index is 1.95. The normalized spacial score (nSPS) is 17.0. The lowest BCUT2D eigenvalue weighted by molar-refractivity contribution is 0.230. The van der Waals surface area contributed by atoms with Gasteiger partial charge in [0, 0.05) is 12.0 Å². The predicted molar refractivity (Wildman–Crippen MR) is 90.0 cm³/mol. The predicted octanol–water partition coefficient (Wildman–Crippen LogP) is 4.39. The van der Waals surface area contributed by atoms with Crippen molar-refractivity contribution < 1.29 is 4.74 Å². The van der Waals surface area contributed by atoms with Crippen LogP contribution in [0.2, 0.25) is 0 Å². The Kier molecular flexibility index (Phi) is 5.69. The van der Waals surface area contributed by atoms with Crippen LogP contribution in [0.4, 0.5) is 0 Å². The molecule has 0 spiro atoms. The molecule has 1 aliphatic carbocycles. The second-order valence-corrected chi connectivity index (χ2v) is 7.39. The van der Waals surface area contributed by atoms with Crippen molar-refractivity contribution in [1.29, 1.82) is 0 Å². The van der Waals surface area contributed by atoms with E-state index in [-0.39, 0.29) is 0 Å². The van der Waals surface area contributed by atoms with Gasteiger partial charge in [-0.15, -0.1) is 0 Å². The second-order valence-electron chi connectivity index (χ2n) is 7.39. The van der Waals surface area contributed by atoms with Crippen LogP contribution < -0.4 is 10.1 Å². The lowest BCUT2D eigenvalue weighted by Crippen LogP contribution is -2.44. The summed E-state index contributed by atoms with van der Waals surface area (Å²) in [4.78, 5) is 0. The van der Waals surface area contributed by atoms with Gasteiger partial charge in [-0.3, -0.25) is 0 Å². The molecule has 0 aromatic heterocycles. The lowest BCUT2D eigenvalue weighted by Gasteiger charge is -2.43. The third kappa shape index (κ3) is 4.47. The van der Waals surface area contributed by atoms with Gasteiger partial charge >= 0.3 is 0 Å². The highest BCUT2D eigenvalue weighted by Crippen LogP contribution is 2.43. The Bertz CT molecular complexity index is 418. The first-order valence-corrected chi connectivity index (χ1v) is 8.46. The summed E-state index contributed by atoms with van der Waals surface area (Å²) in [6.45, 7) is 11.9. The minimum absolute atomic E-state index is 0.367. The third-order valence-corrected chi connectivity index (χ3v) is 4.38. The zero-order valence-electron chi connectivity index (χ0n) is 14.1. The van der Waals surface area contributed by atoms with Crippen LogP contribution in [-0.4, -0.2) is 19.7 Å². The molecule has 0 unspecified atom stereocenters. The van der Waals surface area contributed by atoms with Crippen LogP contribution in [0, 0.1) is 11.8 Å². The summed E-state index contributed by atoms with van der Waals surface area (Å²) >= 11 is 0. The molecule has 1 aromatic rings. The van der Waals surface area contributed by atoms with E-state index in [4.69, 9.17) is 4.74 Å². The number of hydrogen-bond donors (Lipinski definition) is 1. The quantitative estimate of drug-likeness (QED) is 0.766. The van der Waals surface area contributed by atoms with Crippen molar-refractivity contribution in [3.8, 4) is 5.75 Å². The molecular weight excluding hydrogens is 258 g/mol. The van der Waals surface area contributed by atoms with Crippen molar-refractivity contribution in [3.63, 3.8) is 0 Å². The van der Waals surface area contributed by atoms with E-state index in [9.17, 15) is 0 Å². The van der Waals surface area contributed by atoms with Crippen LogP contribution >= 0.6 is 0 Å². The summed E-state index contributed by atoms with van der Waals surface area (Å²) in [6, 6.07) is 8.82. The highest BCUT2D eigenvalue weighted by molar-refractivity contribution is 5.34. The van der Waals surface area contributed by atoms with Gasteiger partial charge in [0.1, 0.15) is 5.75 Å². The molecule has 0 atom stereocenters. The summed E-state index contributed by atoms with van der Waals surface area (Å²) in [5.41, 5.74) is 1.84. The lowest BCUT2D eigenvalue weighted by atomic mass is 9.64. The van der Waals surface area contributed by atoms with Gasteiger partial charge in [-0.05, 0) is 48.9 Å². The molecule has 1 N–H and O–H groups in total. The van der Waals surface area contributed by atoms with Crippen LogP contribution in [0.25, 0.3) is 0 Å². The molecule has 118 valence electrons. The Hall–Kier alpha value is -1.02. The highest BCUT2D eigenvalue weighted by atomic mass is 16.5. The second kappa shape index (κ2) is 7.31. The molecule has 0 aliphatic heterocycles. The smallest absolute Gasteiger partial charge is 0.119 e. The van der Waals surface area contributed by atoms with Crippen LogP contribution in [0.1, 0.15) is 52.5 Å². The van der Waals surface area contributed by atoms with E-state index < -0.39 is 0 Å². The maximum Gasteiger partial charge on any atom is 0.119 e. The van der Waals surface area contributed by atoms with Crippen molar-refractivity contribution in [2.24, 2.45) is 11.8 Å². The first-order valence-electron chi connectivity index (χ1n) is 8.46. The maximum atomic E-state index is 5.78. The molecule has 0 amide bonds. The van der Waals surface area contributed by atoms with Gasteiger partial charge < -0.3 is 10.1 Å². The summed E-state index contributed by atoms with van der Waals surface area (Å²) in [6.07, 6.45) is 3.98. The molecule has 2 nitrogen and oxygen atoms in total. The molecule has 0 bridgehead atoms. The Labute approximate surface area is 130 Å². The van der Waals surface area contributed by atoms with Crippen molar-refractivity contribution >= 4 is 0 Å². The van der Waals surface area contributed by atoms with E-state index in [2.05, 4.69) is 57.3 Å². The largest absolute Gasteiger partial charge is 0.493 e. The summed E-state index contributed by atoms with van der Waals surface area (Å²) < 4.78 is 5.78. The molecule has 1 aromatic carbocycles. The number of benzene rings is 1. The number of hydrogen-bond acceptors (Lipinski definition) is 2. The van der Waals surface area contributed by atoms with E-state index in [1.807, 2.05) is 0 Å². The Morgan fingerprint density at radius 3 is 2.19 bits per heavy atom. The molecule has 1 fully saturated rings. The van der Waals surface area contributed by atoms with Crippen molar-refractivity contribution in [3.05, 3.63) is 29.8 Å². The number of rotatable bonds is 8. The first kappa shape index (κ1) is 16.4. The van der Waals surface area contributed by atoms with Crippen LogP contribution in [0.15, 0.2) is 24.3 Å². The van der Waals surface area contributed by atoms with Crippen LogP contribution in [-0.2, 0) is 5.41 Å². The van der Waals surface area contributed by atoms with Gasteiger partial charge in [0.05, 0.1) is 6.61 Å². The number of ether oxygens (including phenoxy) is 1. The summed E-state index contributed by atoms with van der Waals surface area (Å²) in [7, 11) is 0. The van der Waals surface area contributed by atoms with E-state index in [0.717, 1.165) is 25.4 Å². The summed E-state index contributed by atoms with van der Waals surface area (Å²) in [5, 5.41) is 3.65. The fourth-order valence-corrected chi connectivity index (χ4v) is 2.94. The highest BCUT2D eigenvalue weighted by Gasteiger charge is 2.38. The Morgan fingerprint density at radius 2 is 1.71 bits per heavy atom. The Morgan fingerprint density at radius 1 is 1.05 bits per heavy atom. The van der Waals surface area contributed by atoms with E-state index in [0.29, 0.717) is 17.3 Å². The van der Waals surface area contributed by atoms with Crippen molar-refractivity contribution in [1.82, 2.24) is 5.32 Å². The SMILES string of the molecule is CC(C)CNCC1(c2ccc(OCC(C)C)cc2)CCC1. The molecule has 2 rings (SSSR count). The van der Waals surface area contributed by atoms with E-state index in [1.54, 1.807) is 0 Å². The fraction of sp³-hybridized carbons (Fsp3) is 0.684. The molecule has 0 saturated heterocycles. The number of nitrogens with one attached hydrogen (secondary N) is 1. The topological polar surface area (TPSA) is 21.3 Å². The van der Waals surface area contributed by atoms with Gasteiger partial charge in [0.25, 0.3) is 0 Å². The van der Waals surface area contributed by atoms with Crippen molar-refractivity contribution in [2.75, 3.05) is 19.7 Å². The fourth-order valence-electron chi connectivity index (χ4n) is 2.94. The van der Waals surface area contributed by atoms with Gasteiger partial charge in [-0.1, -0.05) is 46.2 Å². The average molecular weight is 289 g/mol. The molecule has 21 heavy (non-hydrogen) atoms. The summed E-state index contributed by atoms with van der Waals surface area (Å²) in [5.74, 6) is 2.29. The van der Waals surface area contributed by atoms with Crippen molar-refractivity contribution in [2.45, 2.75) is 52.4 Å². The molecule has 1 aliphatic rings. The molecular formula is C19H31NO. The zero-order chi connectivity index (χ0) is 15.3. The standard InChI is InChI=1S/C19H31NO/c1-15(2)12-20-14-19(10-5-11-19)17-6-8-18(9-7-17)21-13-16(3)4/h6-9,15-16,20H,5,10-14H2,1-4H3. The van der Waals surface area contributed by atoms with Crippen LogP contribution in [0.3, 0.4) is 0 Å². The monoisotopic (exact) mass is 289 g/mol. The first-order chi connectivity index (χ1) is 10.0. The van der Waals surface area contributed by atoms with Crippen LogP contribution in [0.5, 0.6) is 5.75 Å². The van der Waals surface area contributed by atoms with Gasteiger partial charge in [-0.2, -0.15) is 0 Å². The maximum absolute atomic E-state index is 5.78. The molecule has 2 heteroatoms. The van der Waals surface area contributed by atoms with Gasteiger partial charge in [0.15, 0.2) is 0 Å². The van der Waals surface area contributed by atoms with E-state index >= 15 is 0 Å². The van der Waals surface area contributed by atoms with Gasteiger partial charge in [0.2, 0.25) is 0 Å².